The van der Waals surface area contributed by atoms with Gasteiger partial charge in [-0.3, -0.25) is 4.79 Å². The summed E-state index contributed by atoms with van der Waals surface area (Å²) in [6.07, 6.45) is 0.402. The Hall–Kier alpha value is -3.29. The zero-order chi connectivity index (χ0) is 19.0. The number of carbonyl (C=O) groups excluding carboxylic acids is 1. The Morgan fingerprint density at radius 3 is 2.73 bits per heavy atom. The topological polar surface area (TPSA) is 109 Å². The van der Waals surface area contributed by atoms with Gasteiger partial charge >= 0.3 is 5.97 Å². The van der Waals surface area contributed by atoms with Crippen LogP contribution in [-0.2, 0) is 11.2 Å². The summed E-state index contributed by atoms with van der Waals surface area (Å²) in [5.41, 5.74) is 1.61. The van der Waals surface area contributed by atoms with Crippen LogP contribution in [0.2, 0.25) is 0 Å². The van der Waals surface area contributed by atoms with E-state index in [0.29, 0.717) is 40.4 Å². The first-order chi connectivity index (χ1) is 12.4. The first-order valence-corrected chi connectivity index (χ1v) is 8.02. The second kappa shape index (κ2) is 6.55. The van der Waals surface area contributed by atoms with Crippen LogP contribution in [0.5, 0.6) is 5.75 Å². The van der Waals surface area contributed by atoms with Crippen LogP contribution < -0.4 is 10.5 Å². The molecule has 0 saturated carbocycles. The highest BCUT2D eigenvalue weighted by molar-refractivity contribution is 5.93. The van der Waals surface area contributed by atoms with Gasteiger partial charge in [-0.05, 0) is 18.6 Å². The van der Waals surface area contributed by atoms with E-state index >= 15 is 0 Å². The summed E-state index contributed by atoms with van der Waals surface area (Å²) in [7, 11) is 4.80. The number of H-pyrrole nitrogens is 1. The Balaban J connectivity index is 2.21. The minimum Gasteiger partial charge on any atom is -0.506 e. The van der Waals surface area contributed by atoms with Crippen molar-refractivity contribution in [3.63, 3.8) is 0 Å². The van der Waals surface area contributed by atoms with Gasteiger partial charge in [-0.2, -0.15) is 4.98 Å². The molecule has 0 atom stereocenters. The minimum atomic E-state index is -0.883. The van der Waals surface area contributed by atoms with Crippen LogP contribution in [0.4, 0.5) is 6.01 Å². The van der Waals surface area contributed by atoms with Crippen molar-refractivity contribution in [2.75, 3.05) is 26.1 Å². The zero-order valence-corrected chi connectivity index (χ0v) is 14.9. The van der Waals surface area contributed by atoms with Crippen molar-refractivity contribution in [1.29, 1.82) is 0 Å². The molecule has 0 bridgehead atoms. The molecule has 3 rings (SSSR count). The lowest BCUT2D eigenvalue weighted by atomic mass is 10.0. The van der Waals surface area contributed by atoms with E-state index < -0.39 is 17.1 Å². The lowest BCUT2D eigenvalue weighted by Crippen LogP contribution is -2.21. The zero-order valence-electron chi connectivity index (χ0n) is 14.9. The number of esters is 1. The third kappa shape index (κ3) is 2.79. The molecule has 0 spiro atoms. The molecule has 0 amide bonds. The van der Waals surface area contributed by atoms with Crippen molar-refractivity contribution >= 4 is 23.1 Å². The lowest BCUT2D eigenvalue weighted by Gasteiger charge is -2.12. The summed E-state index contributed by atoms with van der Waals surface area (Å²) < 4.78 is 10.3. The second-order valence-corrected chi connectivity index (χ2v) is 5.95. The molecule has 2 heterocycles. The number of aromatic hydroxyl groups is 1. The average molecular weight is 357 g/mol. The number of methoxy groups -OCH3 is 1. The third-order valence-corrected chi connectivity index (χ3v) is 4.08. The summed E-state index contributed by atoms with van der Waals surface area (Å²) in [4.78, 5) is 32.9. The first-order valence-electron chi connectivity index (χ1n) is 8.02. The number of benzene rings is 1. The normalized spacial score (nSPS) is 10.9. The molecule has 2 aromatic heterocycles. The molecule has 2 N–H and O–H groups in total. The quantitative estimate of drug-likeness (QED) is 0.690. The number of hydrogen-bond acceptors (Lipinski definition) is 7. The van der Waals surface area contributed by atoms with Crippen molar-refractivity contribution in [3.05, 3.63) is 39.7 Å². The van der Waals surface area contributed by atoms with E-state index in [1.165, 1.54) is 0 Å². The fourth-order valence-electron chi connectivity index (χ4n) is 2.77. The highest BCUT2D eigenvalue weighted by Crippen LogP contribution is 2.32. The molecule has 26 heavy (non-hydrogen) atoms. The highest BCUT2D eigenvalue weighted by Gasteiger charge is 2.23. The molecule has 0 saturated heterocycles. The standard InChI is InChI=1S/C18H19N3O5/c1-5-10-14(20-16(23)13(15(10)22)17(24)25-4)9-6-7-11-12(8-9)26-18(19-11)21(2)3/h6-8H,5H2,1-4H3,(H2,20,22,23). The van der Waals surface area contributed by atoms with Gasteiger partial charge in [0.1, 0.15) is 11.3 Å². The van der Waals surface area contributed by atoms with E-state index in [1.807, 2.05) is 21.0 Å². The van der Waals surface area contributed by atoms with Gasteiger partial charge in [-0.25, -0.2) is 4.79 Å². The van der Waals surface area contributed by atoms with Gasteiger partial charge in [0.05, 0.1) is 12.8 Å². The van der Waals surface area contributed by atoms with Crippen LogP contribution in [-0.4, -0.2) is 42.2 Å². The molecule has 0 aliphatic carbocycles. The maximum Gasteiger partial charge on any atom is 0.347 e. The Bertz CT molecular complexity index is 1050. The van der Waals surface area contributed by atoms with Crippen LogP contribution in [0.15, 0.2) is 27.4 Å². The van der Waals surface area contributed by atoms with Crippen LogP contribution in [0.1, 0.15) is 22.8 Å². The van der Waals surface area contributed by atoms with E-state index in [2.05, 4.69) is 14.7 Å². The first kappa shape index (κ1) is 17.5. The maximum absolute atomic E-state index is 12.3. The van der Waals surface area contributed by atoms with Gasteiger partial charge < -0.3 is 24.1 Å². The molecule has 0 fully saturated rings. The van der Waals surface area contributed by atoms with Gasteiger partial charge in [0, 0.05) is 25.2 Å². The predicted octanol–water partition coefficient (Wildman–Crippen LogP) is 2.30. The SMILES string of the molecule is CCc1c(-c2ccc3nc(N(C)C)oc3c2)[nH]c(=O)c(C(=O)OC)c1O. The monoisotopic (exact) mass is 357 g/mol. The number of rotatable bonds is 4. The predicted molar refractivity (Wildman–Crippen MR) is 96.8 cm³/mol. The fourth-order valence-corrected chi connectivity index (χ4v) is 2.77. The second-order valence-electron chi connectivity index (χ2n) is 5.95. The molecular weight excluding hydrogens is 338 g/mol. The molecule has 0 aliphatic heterocycles. The summed E-state index contributed by atoms with van der Waals surface area (Å²) in [6, 6.07) is 5.73. The van der Waals surface area contributed by atoms with E-state index in [9.17, 15) is 14.7 Å². The number of anilines is 1. The van der Waals surface area contributed by atoms with E-state index in [-0.39, 0.29) is 5.75 Å². The molecule has 1 aromatic carbocycles. The molecule has 0 radical (unpaired) electrons. The van der Waals surface area contributed by atoms with Gasteiger partial charge in [-0.15, -0.1) is 0 Å². The molecule has 8 heteroatoms. The van der Waals surface area contributed by atoms with Crippen LogP contribution in [0.25, 0.3) is 22.4 Å². The van der Waals surface area contributed by atoms with Crippen molar-refractivity contribution in [2.24, 2.45) is 0 Å². The molecule has 8 nitrogen and oxygen atoms in total. The Morgan fingerprint density at radius 1 is 1.38 bits per heavy atom. The van der Waals surface area contributed by atoms with E-state index in [0.717, 1.165) is 7.11 Å². The number of pyridine rings is 1. The van der Waals surface area contributed by atoms with Crippen molar-refractivity contribution in [2.45, 2.75) is 13.3 Å². The van der Waals surface area contributed by atoms with Gasteiger partial charge in [0.2, 0.25) is 0 Å². The Kier molecular flexibility index (Phi) is 4.41. The van der Waals surface area contributed by atoms with E-state index in [1.54, 1.807) is 23.1 Å². The Labute approximate surface area is 149 Å². The minimum absolute atomic E-state index is 0.371. The number of nitrogens with one attached hydrogen (secondary N) is 1. The third-order valence-electron chi connectivity index (χ3n) is 4.08. The summed E-state index contributed by atoms with van der Waals surface area (Å²) in [5.74, 6) is -1.25. The summed E-state index contributed by atoms with van der Waals surface area (Å²) >= 11 is 0. The number of hydrogen-bond donors (Lipinski definition) is 2. The molecular formula is C18H19N3O5. The van der Waals surface area contributed by atoms with Gasteiger partial charge in [-0.1, -0.05) is 13.0 Å². The number of ether oxygens (including phenoxy) is 1. The van der Waals surface area contributed by atoms with Crippen molar-refractivity contribution in [3.8, 4) is 17.0 Å². The number of aromatic amines is 1. The van der Waals surface area contributed by atoms with E-state index in [4.69, 9.17) is 4.42 Å². The van der Waals surface area contributed by atoms with Crippen LogP contribution >= 0.6 is 0 Å². The summed E-state index contributed by atoms with van der Waals surface area (Å²) in [5, 5.41) is 10.4. The largest absolute Gasteiger partial charge is 0.506 e. The molecule has 136 valence electrons. The van der Waals surface area contributed by atoms with Crippen molar-refractivity contribution < 1.29 is 19.1 Å². The number of carbonyl (C=O) groups is 1. The number of fused-ring (bicyclic) bond motifs is 1. The number of aromatic nitrogens is 2. The number of nitrogens with zero attached hydrogens (tertiary/aromatic N) is 2. The van der Waals surface area contributed by atoms with Crippen molar-refractivity contribution in [1.82, 2.24) is 9.97 Å². The summed E-state index contributed by atoms with van der Waals surface area (Å²) in [6.45, 7) is 1.81. The highest BCUT2D eigenvalue weighted by atomic mass is 16.5. The van der Waals surface area contributed by atoms with Gasteiger partial charge in [0.15, 0.2) is 11.1 Å². The smallest absolute Gasteiger partial charge is 0.347 e. The lowest BCUT2D eigenvalue weighted by molar-refractivity contribution is 0.0595. The molecule has 3 aromatic rings. The molecule has 0 aliphatic rings. The Morgan fingerprint density at radius 2 is 2.12 bits per heavy atom. The van der Waals surface area contributed by atoms with Gasteiger partial charge in [0.25, 0.3) is 11.6 Å². The number of oxazole rings is 1. The van der Waals surface area contributed by atoms with Crippen LogP contribution in [0, 0.1) is 0 Å². The average Bonchev–Trinajstić information content (AvgIpc) is 3.04. The fraction of sp³-hybridized carbons (Fsp3) is 0.278. The molecule has 0 unspecified atom stereocenters. The van der Waals surface area contributed by atoms with Crippen LogP contribution in [0.3, 0.4) is 0 Å². The maximum atomic E-state index is 12.3.